The summed E-state index contributed by atoms with van der Waals surface area (Å²) in [5.41, 5.74) is 0.990. The maximum atomic E-state index is 11.3. The lowest BCUT2D eigenvalue weighted by Gasteiger charge is -1.95. The third-order valence-corrected chi connectivity index (χ3v) is 3.69. The van der Waals surface area contributed by atoms with Crippen LogP contribution in [-0.2, 0) is 13.0 Å². The molecular weight excluding hydrogens is 228 g/mol. The zero-order valence-corrected chi connectivity index (χ0v) is 10.1. The smallest absolute Gasteiger partial charge is 0.300 e. The zero-order chi connectivity index (χ0) is 10.7. The van der Waals surface area contributed by atoms with Crippen LogP contribution in [0.25, 0.3) is 0 Å². The van der Waals surface area contributed by atoms with E-state index in [2.05, 4.69) is 11.9 Å². The molecule has 80 valence electrons. The maximum absolute atomic E-state index is 11.3. The summed E-state index contributed by atoms with van der Waals surface area (Å²) in [4.78, 5) is 15.9. The minimum Gasteiger partial charge on any atom is -0.300 e. The van der Waals surface area contributed by atoms with Crippen LogP contribution >= 0.6 is 22.7 Å². The summed E-state index contributed by atoms with van der Waals surface area (Å²) in [6, 6.07) is 0. The molecule has 0 bridgehead atoms. The Morgan fingerprint density at radius 1 is 1.47 bits per heavy atom. The van der Waals surface area contributed by atoms with Crippen LogP contribution in [0.15, 0.2) is 21.8 Å². The first-order valence-electron chi connectivity index (χ1n) is 4.87. The summed E-state index contributed by atoms with van der Waals surface area (Å²) >= 11 is 2.90. The molecule has 0 aromatic carbocycles. The summed E-state index contributed by atoms with van der Waals surface area (Å²) in [6.45, 7) is 2.74. The number of aromatic nitrogens is 2. The Hall–Kier alpha value is -0.940. The predicted octanol–water partition coefficient (Wildman–Crippen LogP) is 2.37. The van der Waals surface area contributed by atoms with Gasteiger partial charge in [0.1, 0.15) is 0 Å². The Bertz CT molecular complexity index is 483. The van der Waals surface area contributed by atoms with Crippen LogP contribution in [-0.4, -0.2) is 9.55 Å². The van der Waals surface area contributed by atoms with Crippen LogP contribution < -0.4 is 4.87 Å². The van der Waals surface area contributed by atoms with Gasteiger partial charge in [-0.15, -0.1) is 11.3 Å². The number of aryl methyl sites for hydroxylation is 1. The molecule has 2 aromatic rings. The van der Waals surface area contributed by atoms with Gasteiger partial charge in [-0.3, -0.25) is 9.36 Å². The monoisotopic (exact) mass is 240 g/mol. The van der Waals surface area contributed by atoms with Crippen molar-refractivity contribution in [3.63, 3.8) is 0 Å². The summed E-state index contributed by atoms with van der Waals surface area (Å²) in [5.74, 6) is 0. The lowest BCUT2D eigenvalue weighted by Crippen LogP contribution is -2.12. The minimum atomic E-state index is 0.0834. The van der Waals surface area contributed by atoms with Crippen molar-refractivity contribution in [3.05, 3.63) is 37.3 Å². The fourth-order valence-electron chi connectivity index (χ4n) is 1.33. The molecule has 0 aliphatic heterocycles. The number of hydrogen-bond acceptors (Lipinski definition) is 4. The Labute approximate surface area is 96.0 Å². The van der Waals surface area contributed by atoms with E-state index in [1.54, 1.807) is 15.9 Å². The topological polar surface area (TPSA) is 34.9 Å². The van der Waals surface area contributed by atoms with E-state index in [-0.39, 0.29) is 4.87 Å². The van der Waals surface area contributed by atoms with Crippen molar-refractivity contribution in [1.29, 1.82) is 0 Å². The van der Waals surface area contributed by atoms with Gasteiger partial charge in [-0.1, -0.05) is 18.3 Å². The molecule has 0 radical (unpaired) electrons. The second-order valence-electron chi connectivity index (χ2n) is 3.28. The molecule has 2 rings (SSSR count). The van der Waals surface area contributed by atoms with Gasteiger partial charge in [0, 0.05) is 17.0 Å². The van der Waals surface area contributed by atoms with Crippen molar-refractivity contribution in [1.82, 2.24) is 9.55 Å². The highest BCUT2D eigenvalue weighted by Gasteiger charge is 2.03. The molecule has 0 unspecified atom stereocenters. The third-order valence-electron chi connectivity index (χ3n) is 2.04. The van der Waals surface area contributed by atoms with Crippen molar-refractivity contribution in [2.75, 3.05) is 0 Å². The van der Waals surface area contributed by atoms with Crippen LogP contribution in [0.5, 0.6) is 0 Å². The van der Waals surface area contributed by atoms with Gasteiger partial charge in [0.25, 0.3) is 0 Å². The number of rotatable bonds is 4. The largest absolute Gasteiger partial charge is 0.307 e. The SMILES string of the molecule is CCCc1nc(Cn2ccsc2=O)cs1. The maximum Gasteiger partial charge on any atom is 0.307 e. The Kier molecular flexibility index (Phi) is 3.33. The first-order chi connectivity index (χ1) is 7.29. The highest BCUT2D eigenvalue weighted by molar-refractivity contribution is 7.09. The standard InChI is InChI=1S/C10H12N2OS2/c1-2-3-9-11-8(7-15-9)6-12-4-5-14-10(12)13/h4-5,7H,2-3,6H2,1H3. The zero-order valence-electron chi connectivity index (χ0n) is 8.47. The number of thiazole rings is 2. The average Bonchev–Trinajstić information content (AvgIpc) is 2.79. The molecule has 0 fully saturated rings. The quantitative estimate of drug-likeness (QED) is 0.822. The van der Waals surface area contributed by atoms with Crippen LogP contribution in [0.3, 0.4) is 0 Å². The van der Waals surface area contributed by atoms with Gasteiger partial charge < -0.3 is 0 Å². The van der Waals surface area contributed by atoms with Gasteiger partial charge in [-0.05, 0) is 12.8 Å². The molecule has 3 nitrogen and oxygen atoms in total. The molecule has 5 heteroatoms. The molecule has 0 saturated carbocycles. The molecule has 0 N–H and O–H groups in total. The summed E-state index contributed by atoms with van der Waals surface area (Å²) in [6.07, 6.45) is 3.96. The van der Waals surface area contributed by atoms with Crippen LogP contribution in [0.4, 0.5) is 0 Å². The normalized spacial score (nSPS) is 10.7. The van der Waals surface area contributed by atoms with E-state index >= 15 is 0 Å². The van der Waals surface area contributed by atoms with Gasteiger partial charge in [0.05, 0.1) is 17.2 Å². The van der Waals surface area contributed by atoms with E-state index in [0.29, 0.717) is 6.54 Å². The summed E-state index contributed by atoms with van der Waals surface area (Å²) < 4.78 is 1.69. The van der Waals surface area contributed by atoms with Crippen molar-refractivity contribution in [3.8, 4) is 0 Å². The fourth-order valence-corrected chi connectivity index (χ4v) is 2.81. The van der Waals surface area contributed by atoms with Crippen LogP contribution in [0, 0.1) is 0 Å². The molecular formula is C10H12N2OS2. The van der Waals surface area contributed by atoms with E-state index in [0.717, 1.165) is 23.5 Å². The molecule has 0 saturated heterocycles. The third kappa shape index (κ3) is 2.54. The Morgan fingerprint density at radius 3 is 3.00 bits per heavy atom. The highest BCUT2D eigenvalue weighted by Crippen LogP contribution is 2.12. The van der Waals surface area contributed by atoms with E-state index in [4.69, 9.17) is 0 Å². The van der Waals surface area contributed by atoms with E-state index in [1.807, 2.05) is 17.0 Å². The van der Waals surface area contributed by atoms with E-state index in [1.165, 1.54) is 11.3 Å². The summed E-state index contributed by atoms with van der Waals surface area (Å²) in [5, 5.41) is 5.01. The molecule has 0 spiro atoms. The van der Waals surface area contributed by atoms with Crippen molar-refractivity contribution < 1.29 is 0 Å². The molecule has 0 aliphatic rings. The van der Waals surface area contributed by atoms with Crippen molar-refractivity contribution in [2.45, 2.75) is 26.3 Å². The Morgan fingerprint density at radius 2 is 2.33 bits per heavy atom. The van der Waals surface area contributed by atoms with E-state index < -0.39 is 0 Å². The van der Waals surface area contributed by atoms with Crippen LogP contribution in [0.1, 0.15) is 24.0 Å². The molecule has 0 amide bonds. The molecule has 2 heterocycles. The molecule has 0 aliphatic carbocycles. The van der Waals surface area contributed by atoms with Gasteiger partial charge in [0.15, 0.2) is 0 Å². The molecule has 0 atom stereocenters. The lowest BCUT2D eigenvalue weighted by atomic mass is 10.3. The van der Waals surface area contributed by atoms with Crippen LogP contribution in [0.2, 0.25) is 0 Å². The highest BCUT2D eigenvalue weighted by atomic mass is 32.1. The Balaban J connectivity index is 2.11. The van der Waals surface area contributed by atoms with Crippen molar-refractivity contribution in [2.24, 2.45) is 0 Å². The second kappa shape index (κ2) is 4.72. The molecule has 2 aromatic heterocycles. The number of hydrogen-bond donors (Lipinski definition) is 0. The van der Waals surface area contributed by atoms with Gasteiger partial charge in [-0.25, -0.2) is 4.98 Å². The molecule has 15 heavy (non-hydrogen) atoms. The van der Waals surface area contributed by atoms with Gasteiger partial charge in [0.2, 0.25) is 0 Å². The average molecular weight is 240 g/mol. The summed E-state index contributed by atoms with van der Waals surface area (Å²) in [7, 11) is 0. The predicted molar refractivity (Wildman–Crippen MR) is 63.8 cm³/mol. The lowest BCUT2D eigenvalue weighted by molar-refractivity contribution is 0.759. The van der Waals surface area contributed by atoms with E-state index in [9.17, 15) is 4.79 Å². The van der Waals surface area contributed by atoms with Gasteiger partial charge in [-0.2, -0.15) is 0 Å². The fraction of sp³-hybridized carbons (Fsp3) is 0.400. The first kappa shape index (κ1) is 10.6. The number of nitrogens with zero attached hydrogens (tertiary/aromatic N) is 2. The van der Waals surface area contributed by atoms with Gasteiger partial charge >= 0.3 is 4.87 Å². The first-order valence-corrected chi connectivity index (χ1v) is 6.62. The van der Waals surface area contributed by atoms with Crippen molar-refractivity contribution >= 4 is 22.7 Å². The minimum absolute atomic E-state index is 0.0834. The second-order valence-corrected chi connectivity index (χ2v) is 5.08.